The van der Waals surface area contributed by atoms with Gasteiger partial charge in [0.2, 0.25) is 0 Å². The van der Waals surface area contributed by atoms with Gasteiger partial charge in [0, 0.05) is 0 Å². The van der Waals surface area contributed by atoms with E-state index in [9.17, 15) is 8.78 Å². The van der Waals surface area contributed by atoms with Gasteiger partial charge in [0.1, 0.15) is 12.3 Å². The third-order valence-electron chi connectivity index (χ3n) is 2.53. The van der Waals surface area contributed by atoms with Crippen LogP contribution in [0, 0.1) is 11.8 Å². The van der Waals surface area contributed by atoms with Gasteiger partial charge >= 0.3 is 0 Å². The molecule has 0 aromatic carbocycles. The van der Waals surface area contributed by atoms with Gasteiger partial charge in [-0.3, -0.25) is 0 Å². The minimum absolute atomic E-state index is 0. The van der Waals surface area contributed by atoms with E-state index < -0.39 is 12.3 Å². The van der Waals surface area contributed by atoms with Crippen LogP contribution in [0.15, 0.2) is 0 Å². The molecule has 1 saturated carbocycles. The van der Waals surface area contributed by atoms with E-state index in [4.69, 9.17) is 0 Å². The number of halogens is 2. The van der Waals surface area contributed by atoms with Crippen molar-refractivity contribution in [2.24, 2.45) is 11.8 Å². The molecular formula is C9H18F2O. The summed E-state index contributed by atoms with van der Waals surface area (Å²) in [5.41, 5.74) is 0. The van der Waals surface area contributed by atoms with Crippen LogP contribution in [0.25, 0.3) is 0 Å². The SMILES string of the molecule is CC1CC(F)CC(C)C(F)C1.O. The molecule has 0 saturated heterocycles. The molecule has 0 aliphatic heterocycles. The average Bonchev–Trinajstić information content (AvgIpc) is 1.93. The zero-order chi connectivity index (χ0) is 8.43. The summed E-state index contributed by atoms with van der Waals surface area (Å²) in [5, 5.41) is 0. The monoisotopic (exact) mass is 180 g/mol. The highest BCUT2D eigenvalue weighted by atomic mass is 19.1. The predicted molar refractivity (Wildman–Crippen MR) is 45.6 cm³/mol. The number of hydrogen-bond donors (Lipinski definition) is 0. The van der Waals surface area contributed by atoms with E-state index >= 15 is 0 Å². The van der Waals surface area contributed by atoms with Crippen molar-refractivity contribution in [1.82, 2.24) is 0 Å². The predicted octanol–water partition coefficient (Wildman–Crippen LogP) is 2.29. The smallest absolute Gasteiger partial charge is 0.103 e. The molecule has 0 radical (unpaired) electrons. The van der Waals surface area contributed by atoms with E-state index in [0.717, 1.165) is 0 Å². The largest absolute Gasteiger partial charge is 0.412 e. The molecule has 1 aliphatic carbocycles. The maximum atomic E-state index is 13.1. The Hall–Kier alpha value is -0.180. The van der Waals surface area contributed by atoms with Gasteiger partial charge in [-0.1, -0.05) is 13.8 Å². The van der Waals surface area contributed by atoms with E-state index in [2.05, 4.69) is 0 Å². The van der Waals surface area contributed by atoms with Gasteiger partial charge in [-0.25, -0.2) is 8.78 Å². The van der Waals surface area contributed by atoms with Gasteiger partial charge in [0.05, 0.1) is 0 Å². The molecular weight excluding hydrogens is 162 g/mol. The Bertz CT molecular complexity index is 116. The Morgan fingerprint density at radius 3 is 2.17 bits per heavy atom. The van der Waals surface area contributed by atoms with Crippen molar-refractivity contribution >= 4 is 0 Å². The second-order valence-corrected chi connectivity index (χ2v) is 3.90. The van der Waals surface area contributed by atoms with Crippen molar-refractivity contribution in [3.8, 4) is 0 Å². The van der Waals surface area contributed by atoms with Crippen LogP contribution < -0.4 is 0 Å². The normalized spacial score (nSPS) is 43.0. The summed E-state index contributed by atoms with van der Waals surface area (Å²) < 4.78 is 26.0. The average molecular weight is 180 g/mol. The summed E-state index contributed by atoms with van der Waals surface area (Å²) in [6, 6.07) is 0. The minimum Gasteiger partial charge on any atom is -0.412 e. The van der Waals surface area contributed by atoms with E-state index in [-0.39, 0.29) is 17.3 Å². The second-order valence-electron chi connectivity index (χ2n) is 3.90. The molecule has 4 atom stereocenters. The maximum absolute atomic E-state index is 13.1. The lowest BCUT2D eigenvalue weighted by atomic mass is 9.99. The Kier molecular flexibility index (Phi) is 4.68. The Morgan fingerprint density at radius 1 is 1.00 bits per heavy atom. The van der Waals surface area contributed by atoms with Gasteiger partial charge in [0.15, 0.2) is 0 Å². The van der Waals surface area contributed by atoms with Gasteiger partial charge in [0.25, 0.3) is 0 Å². The third kappa shape index (κ3) is 3.05. The molecule has 12 heavy (non-hydrogen) atoms. The van der Waals surface area contributed by atoms with E-state index in [0.29, 0.717) is 19.3 Å². The van der Waals surface area contributed by atoms with Gasteiger partial charge in [-0.2, -0.15) is 0 Å². The first-order valence-electron chi connectivity index (χ1n) is 4.37. The van der Waals surface area contributed by atoms with Crippen molar-refractivity contribution in [2.45, 2.75) is 45.5 Å². The van der Waals surface area contributed by atoms with Gasteiger partial charge < -0.3 is 5.48 Å². The zero-order valence-corrected chi connectivity index (χ0v) is 7.69. The second kappa shape index (κ2) is 4.75. The summed E-state index contributed by atoms with van der Waals surface area (Å²) in [7, 11) is 0. The van der Waals surface area contributed by atoms with E-state index in [1.54, 1.807) is 6.92 Å². The fraction of sp³-hybridized carbons (Fsp3) is 1.00. The number of hydrogen-bond acceptors (Lipinski definition) is 0. The molecule has 0 amide bonds. The highest BCUT2D eigenvalue weighted by molar-refractivity contribution is 4.78. The van der Waals surface area contributed by atoms with Crippen LogP contribution >= 0.6 is 0 Å². The summed E-state index contributed by atoms with van der Waals surface area (Å²) in [5.74, 6) is 0.125. The minimum atomic E-state index is -0.786. The fourth-order valence-corrected chi connectivity index (χ4v) is 1.80. The Labute approximate surface area is 72.5 Å². The summed E-state index contributed by atoms with van der Waals surface area (Å²) in [6.07, 6.45) is -0.0656. The van der Waals surface area contributed by atoms with Crippen LogP contribution in [0.5, 0.6) is 0 Å². The van der Waals surface area contributed by atoms with Crippen molar-refractivity contribution in [3.63, 3.8) is 0 Å². The molecule has 1 fully saturated rings. The first-order valence-corrected chi connectivity index (χ1v) is 4.37. The molecule has 0 heterocycles. The van der Waals surface area contributed by atoms with Gasteiger partial charge in [-0.05, 0) is 31.1 Å². The quantitative estimate of drug-likeness (QED) is 0.512. The Balaban J connectivity index is 0.00000121. The number of alkyl halides is 2. The van der Waals surface area contributed by atoms with Crippen LogP contribution in [0.2, 0.25) is 0 Å². The fourth-order valence-electron chi connectivity index (χ4n) is 1.80. The van der Waals surface area contributed by atoms with Crippen LogP contribution in [0.3, 0.4) is 0 Å². The molecule has 74 valence electrons. The molecule has 0 aromatic heterocycles. The summed E-state index contributed by atoms with van der Waals surface area (Å²) in [4.78, 5) is 0. The first-order chi connectivity index (χ1) is 5.09. The topological polar surface area (TPSA) is 31.5 Å². The van der Waals surface area contributed by atoms with Crippen LogP contribution in [0.4, 0.5) is 8.78 Å². The maximum Gasteiger partial charge on any atom is 0.103 e. The molecule has 2 N–H and O–H groups in total. The van der Waals surface area contributed by atoms with E-state index in [1.165, 1.54) is 0 Å². The Morgan fingerprint density at radius 2 is 1.58 bits per heavy atom. The van der Waals surface area contributed by atoms with Crippen LogP contribution in [-0.2, 0) is 0 Å². The lowest BCUT2D eigenvalue weighted by Crippen LogP contribution is -2.13. The molecule has 0 bridgehead atoms. The van der Waals surface area contributed by atoms with Crippen molar-refractivity contribution in [1.29, 1.82) is 0 Å². The molecule has 0 spiro atoms. The van der Waals surface area contributed by atoms with Crippen molar-refractivity contribution in [3.05, 3.63) is 0 Å². The third-order valence-corrected chi connectivity index (χ3v) is 2.53. The molecule has 4 unspecified atom stereocenters. The van der Waals surface area contributed by atoms with Crippen LogP contribution in [0.1, 0.15) is 33.1 Å². The van der Waals surface area contributed by atoms with Crippen molar-refractivity contribution < 1.29 is 14.3 Å². The molecule has 3 heteroatoms. The highest BCUT2D eigenvalue weighted by Gasteiger charge is 2.28. The summed E-state index contributed by atoms with van der Waals surface area (Å²) in [6.45, 7) is 3.73. The molecule has 1 rings (SSSR count). The number of rotatable bonds is 0. The van der Waals surface area contributed by atoms with Crippen molar-refractivity contribution in [2.75, 3.05) is 0 Å². The van der Waals surface area contributed by atoms with Gasteiger partial charge in [-0.15, -0.1) is 0 Å². The molecule has 1 nitrogen and oxygen atoms in total. The first kappa shape index (κ1) is 11.8. The lowest BCUT2D eigenvalue weighted by molar-refractivity contribution is 0.201. The highest BCUT2D eigenvalue weighted by Crippen LogP contribution is 2.30. The van der Waals surface area contributed by atoms with Crippen LogP contribution in [-0.4, -0.2) is 17.8 Å². The lowest BCUT2D eigenvalue weighted by Gasteiger charge is -2.13. The van der Waals surface area contributed by atoms with E-state index in [1.807, 2.05) is 6.92 Å². The standard InChI is InChI=1S/C9H16F2.H2O/c1-6-3-8(10)5-7(2)9(11)4-6;/h6-9H,3-5H2,1-2H3;1H2. The summed E-state index contributed by atoms with van der Waals surface area (Å²) >= 11 is 0. The zero-order valence-electron chi connectivity index (χ0n) is 7.69. The molecule has 1 aliphatic rings. The molecule has 0 aromatic rings.